The Hall–Kier alpha value is -1.93. The van der Waals surface area contributed by atoms with Crippen LogP contribution in [0.3, 0.4) is 0 Å². The molecule has 4 rings (SSSR count). The topological polar surface area (TPSA) is 111 Å². The Morgan fingerprint density at radius 2 is 2.21 bits per heavy atom. The molecule has 29 heavy (non-hydrogen) atoms. The number of amidine groups is 1. The van der Waals surface area contributed by atoms with Crippen molar-refractivity contribution in [1.82, 2.24) is 9.97 Å². The van der Waals surface area contributed by atoms with Crippen LogP contribution in [-0.4, -0.2) is 39.1 Å². The average Bonchev–Trinajstić information content (AvgIpc) is 3.26. The first kappa shape index (κ1) is 21.8. The van der Waals surface area contributed by atoms with Crippen molar-refractivity contribution in [1.29, 1.82) is 5.26 Å². The van der Waals surface area contributed by atoms with Gasteiger partial charge in [-0.05, 0) is 26.0 Å². The molecule has 7 nitrogen and oxygen atoms in total. The van der Waals surface area contributed by atoms with E-state index in [1.165, 1.54) is 36.9 Å². The molecular weight excluding hydrogens is 435 g/mol. The Labute approximate surface area is 182 Å². The summed E-state index contributed by atoms with van der Waals surface area (Å²) < 4.78 is 14.1. The normalized spacial score (nSPS) is 23.8. The average molecular weight is 455 g/mol. The summed E-state index contributed by atoms with van der Waals surface area (Å²) in [7, 11) is 0. The van der Waals surface area contributed by atoms with Gasteiger partial charge in [0.2, 0.25) is 5.95 Å². The minimum absolute atomic E-state index is 0. The number of nitrogens with zero attached hydrogens (tertiary/aromatic N) is 5. The molecule has 1 fully saturated rings. The summed E-state index contributed by atoms with van der Waals surface area (Å²) >= 11 is 2.92. The molecule has 154 valence electrons. The summed E-state index contributed by atoms with van der Waals surface area (Å²) in [6.45, 7) is 4.08. The molecule has 2 aliphatic rings. The van der Waals surface area contributed by atoms with E-state index in [2.05, 4.69) is 16.0 Å². The van der Waals surface area contributed by atoms with Gasteiger partial charge in [-0.15, -0.1) is 23.7 Å². The summed E-state index contributed by atoms with van der Waals surface area (Å²) in [5.41, 5.74) is 4.02. The lowest BCUT2D eigenvalue weighted by molar-refractivity contribution is 0.0693. The van der Waals surface area contributed by atoms with Crippen molar-refractivity contribution in [3.05, 3.63) is 39.6 Å². The van der Waals surface area contributed by atoms with Crippen LogP contribution in [0, 0.1) is 23.1 Å². The van der Waals surface area contributed by atoms with Crippen LogP contribution in [0.15, 0.2) is 23.3 Å². The van der Waals surface area contributed by atoms with Crippen molar-refractivity contribution in [2.75, 3.05) is 23.7 Å². The summed E-state index contributed by atoms with van der Waals surface area (Å²) in [5, 5.41) is 19.9. The Morgan fingerprint density at radius 3 is 2.86 bits per heavy atom. The first-order chi connectivity index (χ1) is 13.2. The van der Waals surface area contributed by atoms with Crippen molar-refractivity contribution in [3.63, 3.8) is 0 Å². The molecule has 1 saturated heterocycles. The zero-order valence-corrected chi connectivity index (χ0v) is 18.2. The standard InChI is InChI=1S/C18H19FN6OS2.ClH/c1-17(2,26)14-12(19)6-22-16(23-14)25-7-10-8-27-15(21)24-18(10,9-25)13-4-3-11(5-20)28-13;/h3-4,6,10,26H,7-9H2,1-2H3,(H2,21,24);1H/t10-,18-;/m0./s1. The van der Waals surface area contributed by atoms with Gasteiger partial charge in [0.05, 0.1) is 12.7 Å². The fourth-order valence-electron chi connectivity index (χ4n) is 3.69. The number of thioether (sulfide) groups is 1. The molecule has 2 aromatic heterocycles. The van der Waals surface area contributed by atoms with Crippen molar-refractivity contribution in [3.8, 4) is 6.07 Å². The van der Waals surface area contributed by atoms with Crippen LogP contribution in [0.2, 0.25) is 0 Å². The number of hydrogen-bond acceptors (Lipinski definition) is 9. The molecular formula is C18H20ClFN6OS2. The fraction of sp³-hybridized carbons (Fsp3) is 0.444. The molecule has 2 aliphatic heterocycles. The zero-order chi connectivity index (χ0) is 20.1. The maximum Gasteiger partial charge on any atom is 0.225 e. The number of aromatic nitrogens is 2. The van der Waals surface area contributed by atoms with Gasteiger partial charge in [0.25, 0.3) is 0 Å². The lowest BCUT2D eigenvalue weighted by Crippen LogP contribution is -2.39. The molecule has 0 radical (unpaired) electrons. The molecule has 0 spiro atoms. The summed E-state index contributed by atoms with van der Waals surface area (Å²) in [5.74, 6) is 0.639. The monoisotopic (exact) mass is 454 g/mol. The predicted molar refractivity (Wildman–Crippen MR) is 115 cm³/mol. The number of aliphatic hydroxyl groups is 1. The van der Waals surface area contributed by atoms with E-state index >= 15 is 0 Å². The molecule has 0 aromatic carbocycles. The van der Waals surface area contributed by atoms with Crippen molar-refractivity contribution < 1.29 is 9.50 Å². The third-order valence-corrected chi connectivity index (χ3v) is 7.14. The van der Waals surface area contributed by atoms with Crippen molar-refractivity contribution >= 4 is 46.6 Å². The lowest BCUT2D eigenvalue weighted by Gasteiger charge is -2.33. The van der Waals surface area contributed by atoms with Crippen LogP contribution in [-0.2, 0) is 11.1 Å². The Bertz CT molecular complexity index is 1000. The number of halogens is 2. The second kappa shape index (κ2) is 7.72. The first-order valence-corrected chi connectivity index (χ1v) is 10.5. The number of anilines is 1. The summed E-state index contributed by atoms with van der Waals surface area (Å²) in [6, 6.07) is 5.90. The molecule has 0 unspecified atom stereocenters. The van der Waals surface area contributed by atoms with E-state index in [1.54, 1.807) is 6.07 Å². The highest BCUT2D eigenvalue weighted by Crippen LogP contribution is 2.48. The van der Waals surface area contributed by atoms with Crippen molar-refractivity contribution in [2.45, 2.75) is 25.0 Å². The van der Waals surface area contributed by atoms with E-state index in [-0.39, 0.29) is 24.0 Å². The van der Waals surface area contributed by atoms with Crippen LogP contribution < -0.4 is 10.6 Å². The third kappa shape index (κ3) is 3.80. The lowest BCUT2D eigenvalue weighted by atomic mass is 9.87. The van der Waals surface area contributed by atoms with Gasteiger partial charge < -0.3 is 15.7 Å². The molecule has 11 heteroatoms. The van der Waals surface area contributed by atoms with Gasteiger partial charge in [-0.3, -0.25) is 0 Å². The van der Waals surface area contributed by atoms with Gasteiger partial charge in [-0.2, -0.15) is 5.26 Å². The number of hydrogen-bond donors (Lipinski definition) is 2. The Kier molecular flexibility index (Phi) is 5.80. The zero-order valence-electron chi connectivity index (χ0n) is 15.8. The van der Waals surface area contributed by atoms with E-state index in [0.29, 0.717) is 29.1 Å². The first-order valence-electron chi connectivity index (χ1n) is 8.72. The van der Waals surface area contributed by atoms with Gasteiger partial charge in [0.1, 0.15) is 27.8 Å². The summed E-state index contributed by atoms with van der Waals surface area (Å²) in [4.78, 5) is 16.8. The van der Waals surface area contributed by atoms with E-state index in [4.69, 9.17) is 10.7 Å². The molecule has 2 aromatic rings. The predicted octanol–water partition coefficient (Wildman–Crippen LogP) is 2.59. The SMILES string of the molecule is CC(C)(O)c1nc(N2C[C@H]3CSC(N)=N[C@@]3(c3ccc(C#N)s3)C2)ncc1F.Cl. The number of rotatable bonds is 3. The van der Waals surface area contributed by atoms with Gasteiger partial charge in [0.15, 0.2) is 11.0 Å². The quantitative estimate of drug-likeness (QED) is 0.733. The highest BCUT2D eigenvalue weighted by Gasteiger charge is 2.51. The summed E-state index contributed by atoms with van der Waals surface area (Å²) in [6.07, 6.45) is 1.09. The maximum atomic E-state index is 14.1. The minimum Gasteiger partial charge on any atom is -0.384 e. The number of nitriles is 1. The van der Waals surface area contributed by atoms with E-state index in [0.717, 1.165) is 16.8 Å². The van der Waals surface area contributed by atoms with Crippen LogP contribution in [0.1, 0.15) is 29.3 Å². The highest BCUT2D eigenvalue weighted by atomic mass is 35.5. The largest absolute Gasteiger partial charge is 0.384 e. The number of nitrogens with two attached hydrogens (primary N) is 1. The van der Waals surface area contributed by atoms with Gasteiger partial charge >= 0.3 is 0 Å². The molecule has 0 aliphatic carbocycles. The maximum absolute atomic E-state index is 14.1. The molecule has 0 amide bonds. The fourth-order valence-corrected chi connectivity index (χ4v) is 5.68. The number of thiophene rings is 1. The molecule has 0 bridgehead atoms. The number of fused-ring (bicyclic) bond motifs is 1. The Balaban J connectivity index is 0.00000240. The van der Waals surface area contributed by atoms with E-state index in [1.807, 2.05) is 11.0 Å². The Morgan fingerprint density at radius 1 is 1.45 bits per heavy atom. The van der Waals surface area contributed by atoms with Gasteiger partial charge in [-0.25, -0.2) is 19.4 Å². The van der Waals surface area contributed by atoms with Crippen LogP contribution in [0.25, 0.3) is 0 Å². The second-order valence-electron chi connectivity index (χ2n) is 7.46. The van der Waals surface area contributed by atoms with Crippen LogP contribution in [0.4, 0.5) is 10.3 Å². The third-order valence-electron chi connectivity index (χ3n) is 5.03. The van der Waals surface area contributed by atoms with Gasteiger partial charge in [-0.1, -0.05) is 11.8 Å². The minimum atomic E-state index is -1.42. The molecule has 2 atom stereocenters. The van der Waals surface area contributed by atoms with E-state index < -0.39 is 17.0 Å². The van der Waals surface area contributed by atoms with E-state index in [9.17, 15) is 14.8 Å². The molecule has 0 saturated carbocycles. The second-order valence-corrected chi connectivity index (χ2v) is 9.59. The molecule has 4 heterocycles. The highest BCUT2D eigenvalue weighted by molar-refractivity contribution is 8.13. The van der Waals surface area contributed by atoms with Crippen LogP contribution in [0.5, 0.6) is 0 Å². The van der Waals surface area contributed by atoms with Crippen molar-refractivity contribution in [2.24, 2.45) is 16.6 Å². The smallest absolute Gasteiger partial charge is 0.225 e. The van der Waals surface area contributed by atoms with Gasteiger partial charge in [0, 0.05) is 23.1 Å². The number of aliphatic imine (C=N–C) groups is 1. The molecule has 3 N–H and O–H groups in total. The van der Waals surface area contributed by atoms with Crippen LogP contribution >= 0.6 is 35.5 Å².